The summed E-state index contributed by atoms with van der Waals surface area (Å²) >= 11 is 0. The SMILES string of the molecule is CCn1cc(NC(=O)c2ccn(COC)n2)c(C(=O)Nc2ccccc2)n1. The van der Waals surface area contributed by atoms with Gasteiger partial charge in [0, 0.05) is 31.7 Å². The highest BCUT2D eigenvalue weighted by atomic mass is 16.5. The number of aryl methyl sites for hydroxylation is 1. The van der Waals surface area contributed by atoms with Crippen molar-refractivity contribution >= 4 is 23.2 Å². The predicted molar refractivity (Wildman–Crippen MR) is 99.5 cm³/mol. The molecule has 9 heteroatoms. The van der Waals surface area contributed by atoms with E-state index in [4.69, 9.17) is 4.74 Å². The summed E-state index contributed by atoms with van der Waals surface area (Å²) in [6.45, 7) is 2.69. The van der Waals surface area contributed by atoms with Crippen LogP contribution in [-0.4, -0.2) is 38.5 Å². The summed E-state index contributed by atoms with van der Waals surface area (Å²) < 4.78 is 8.04. The van der Waals surface area contributed by atoms with Crippen molar-refractivity contribution in [2.45, 2.75) is 20.2 Å². The smallest absolute Gasteiger partial charge is 0.278 e. The molecule has 0 saturated carbocycles. The zero-order chi connectivity index (χ0) is 19.2. The molecule has 140 valence electrons. The highest BCUT2D eigenvalue weighted by Crippen LogP contribution is 2.17. The number of hydrogen-bond acceptors (Lipinski definition) is 5. The summed E-state index contributed by atoms with van der Waals surface area (Å²) in [6, 6.07) is 10.6. The third kappa shape index (κ3) is 4.39. The molecule has 0 atom stereocenters. The number of methoxy groups -OCH3 is 1. The molecule has 0 bridgehead atoms. The molecule has 0 aliphatic carbocycles. The van der Waals surface area contributed by atoms with E-state index in [1.54, 1.807) is 35.3 Å². The lowest BCUT2D eigenvalue weighted by Crippen LogP contribution is -2.18. The quantitative estimate of drug-likeness (QED) is 0.665. The van der Waals surface area contributed by atoms with E-state index in [2.05, 4.69) is 20.8 Å². The third-order valence-electron chi connectivity index (χ3n) is 3.72. The first kappa shape index (κ1) is 18.3. The maximum absolute atomic E-state index is 12.6. The first-order chi connectivity index (χ1) is 13.1. The molecule has 0 aliphatic rings. The summed E-state index contributed by atoms with van der Waals surface area (Å²) in [4.78, 5) is 25.1. The van der Waals surface area contributed by atoms with Gasteiger partial charge in [-0.1, -0.05) is 18.2 Å². The van der Waals surface area contributed by atoms with E-state index in [0.717, 1.165) is 0 Å². The van der Waals surface area contributed by atoms with Gasteiger partial charge in [0.1, 0.15) is 6.73 Å². The lowest BCUT2D eigenvalue weighted by atomic mass is 10.3. The molecular formula is C18H20N6O3. The summed E-state index contributed by atoms with van der Waals surface area (Å²) in [5.74, 6) is -0.845. The van der Waals surface area contributed by atoms with Gasteiger partial charge in [0.2, 0.25) is 0 Å². The lowest BCUT2D eigenvalue weighted by molar-refractivity contribution is 0.101. The third-order valence-corrected chi connectivity index (χ3v) is 3.72. The van der Waals surface area contributed by atoms with Crippen LogP contribution in [-0.2, 0) is 18.0 Å². The number of para-hydroxylation sites is 1. The Balaban J connectivity index is 1.79. The van der Waals surface area contributed by atoms with Crippen molar-refractivity contribution in [3.8, 4) is 0 Å². The molecule has 2 heterocycles. The zero-order valence-electron chi connectivity index (χ0n) is 15.0. The van der Waals surface area contributed by atoms with Crippen LogP contribution in [0.4, 0.5) is 11.4 Å². The molecule has 0 fully saturated rings. The highest BCUT2D eigenvalue weighted by Gasteiger charge is 2.20. The Bertz CT molecular complexity index is 932. The number of hydrogen-bond donors (Lipinski definition) is 2. The van der Waals surface area contributed by atoms with E-state index >= 15 is 0 Å². The van der Waals surface area contributed by atoms with Crippen LogP contribution in [0.25, 0.3) is 0 Å². The van der Waals surface area contributed by atoms with Gasteiger partial charge >= 0.3 is 0 Å². The van der Waals surface area contributed by atoms with Crippen LogP contribution in [0, 0.1) is 0 Å². The van der Waals surface area contributed by atoms with Gasteiger partial charge in [-0.2, -0.15) is 10.2 Å². The van der Waals surface area contributed by atoms with Crippen LogP contribution in [0.15, 0.2) is 48.8 Å². The van der Waals surface area contributed by atoms with Gasteiger partial charge in [-0.3, -0.25) is 14.3 Å². The van der Waals surface area contributed by atoms with Crippen molar-refractivity contribution in [2.24, 2.45) is 0 Å². The Kier molecular flexibility index (Phi) is 5.62. The summed E-state index contributed by atoms with van der Waals surface area (Å²) in [5, 5.41) is 13.8. The van der Waals surface area contributed by atoms with E-state index in [9.17, 15) is 9.59 Å². The first-order valence-corrected chi connectivity index (χ1v) is 8.38. The van der Waals surface area contributed by atoms with Gasteiger partial charge in [0.25, 0.3) is 11.8 Å². The Labute approximate surface area is 155 Å². The maximum atomic E-state index is 12.6. The molecule has 3 rings (SSSR count). The van der Waals surface area contributed by atoms with Crippen molar-refractivity contribution in [1.82, 2.24) is 19.6 Å². The van der Waals surface area contributed by atoms with Crippen LogP contribution in [0.1, 0.15) is 27.9 Å². The van der Waals surface area contributed by atoms with Gasteiger partial charge in [-0.25, -0.2) is 4.68 Å². The number of rotatable bonds is 7. The number of nitrogens with zero attached hydrogens (tertiary/aromatic N) is 4. The minimum atomic E-state index is -0.436. The molecule has 0 saturated heterocycles. The Morgan fingerprint density at radius 1 is 1.04 bits per heavy atom. The molecule has 27 heavy (non-hydrogen) atoms. The minimum Gasteiger partial charge on any atom is -0.362 e. The monoisotopic (exact) mass is 368 g/mol. The average molecular weight is 368 g/mol. The summed E-state index contributed by atoms with van der Waals surface area (Å²) in [7, 11) is 1.54. The predicted octanol–water partition coefficient (Wildman–Crippen LogP) is 2.21. The van der Waals surface area contributed by atoms with Gasteiger partial charge < -0.3 is 15.4 Å². The van der Waals surface area contributed by atoms with Crippen LogP contribution >= 0.6 is 0 Å². The van der Waals surface area contributed by atoms with E-state index in [1.165, 1.54) is 11.8 Å². The molecular weight excluding hydrogens is 348 g/mol. The van der Waals surface area contributed by atoms with Gasteiger partial charge in [-0.05, 0) is 25.1 Å². The van der Waals surface area contributed by atoms with Crippen LogP contribution in [0.2, 0.25) is 0 Å². The largest absolute Gasteiger partial charge is 0.362 e. The van der Waals surface area contributed by atoms with E-state index in [-0.39, 0.29) is 18.1 Å². The second kappa shape index (κ2) is 8.28. The number of carbonyl (C=O) groups excluding carboxylic acids is 2. The van der Waals surface area contributed by atoms with E-state index in [0.29, 0.717) is 17.9 Å². The Hall–Kier alpha value is -3.46. The first-order valence-electron chi connectivity index (χ1n) is 8.38. The highest BCUT2D eigenvalue weighted by molar-refractivity contribution is 6.10. The van der Waals surface area contributed by atoms with Crippen molar-refractivity contribution in [2.75, 3.05) is 17.7 Å². The maximum Gasteiger partial charge on any atom is 0.278 e. The molecule has 2 aromatic heterocycles. The Morgan fingerprint density at radius 3 is 2.52 bits per heavy atom. The minimum absolute atomic E-state index is 0.130. The zero-order valence-corrected chi connectivity index (χ0v) is 15.0. The van der Waals surface area contributed by atoms with Crippen LogP contribution in [0.5, 0.6) is 0 Å². The van der Waals surface area contributed by atoms with Crippen LogP contribution < -0.4 is 10.6 Å². The number of amides is 2. The molecule has 0 aliphatic heterocycles. The van der Waals surface area contributed by atoms with Gasteiger partial charge in [-0.15, -0.1) is 0 Å². The molecule has 0 spiro atoms. The average Bonchev–Trinajstić information content (AvgIpc) is 3.30. The number of carbonyl (C=O) groups is 2. The standard InChI is InChI=1S/C18H20N6O3/c1-3-23-11-15(20-17(25)14-9-10-24(21-14)12-27-2)16(22-23)18(26)19-13-7-5-4-6-8-13/h4-11H,3,12H2,1-2H3,(H,19,26)(H,20,25). The van der Waals surface area contributed by atoms with Crippen molar-refractivity contribution < 1.29 is 14.3 Å². The molecule has 9 nitrogen and oxygen atoms in total. The van der Waals surface area contributed by atoms with Crippen molar-refractivity contribution in [3.05, 3.63) is 60.2 Å². The fourth-order valence-electron chi connectivity index (χ4n) is 2.43. The van der Waals surface area contributed by atoms with Crippen molar-refractivity contribution in [3.63, 3.8) is 0 Å². The number of ether oxygens (including phenoxy) is 1. The molecule has 3 aromatic rings. The van der Waals surface area contributed by atoms with Gasteiger partial charge in [0.15, 0.2) is 11.4 Å². The second-order valence-corrected chi connectivity index (χ2v) is 5.68. The topological polar surface area (TPSA) is 103 Å². The Morgan fingerprint density at radius 2 is 1.81 bits per heavy atom. The molecule has 0 unspecified atom stereocenters. The number of anilines is 2. The lowest BCUT2D eigenvalue weighted by Gasteiger charge is -2.05. The summed E-state index contributed by atoms with van der Waals surface area (Å²) in [6.07, 6.45) is 3.25. The van der Waals surface area contributed by atoms with E-state index < -0.39 is 11.8 Å². The fraction of sp³-hybridized carbons (Fsp3) is 0.222. The number of nitrogens with one attached hydrogen (secondary N) is 2. The van der Waals surface area contributed by atoms with Gasteiger partial charge in [0.05, 0.1) is 5.69 Å². The summed E-state index contributed by atoms with van der Waals surface area (Å²) in [5.41, 5.74) is 1.30. The second-order valence-electron chi connectivity index (χ2n) is 5.68. The molecule has 1 aromatic carbocycles. The number of aromatic nitrogens is 4. The molecule has 0 radical (unpaired) electrons. The number of benzene rings is 1. The molecule has 2 N–H and O–H groups in total. The van der Waals surface area contributed by atoms with Crippen LogP contribution in [0.3, 0.4) is 0 Å². The molecule has 2 amide bonds. The van der Waals surface area contributed by atoms with E-state index in [1.807, 2.05) is 25.1 Å². The normalized spacial score (nSPS) is 10.6. The van der Waals surface area contributed by atoms with Crippen molar-refractivity contribution in [1.29, 1.82) is 0 Å². The fourth-order valence-corrected chi connectivity index (χ4v) is 2.43.